The molecule has 0 aromatic rings. The zero-order valence-corrected chi connectivity index (χ0v) is 11.3. The number of epoxide rings is 1. The lowest BCUT2D eigenvalue weighted by atomic mass is 9.95. The summed E-state index contributed by atoms with van der Waals surface area (Å²) in [6.07, 6.45) is 3.99. The first-order valence-electron chi connectivity index (χ1n) is 6.82. The molecule has 22 heavy (non-hydrogen) atoms. The first-order chi connectivity index (χ1) is 10.5. The predicted octanol–water partition coefficient (Wildman–Crippen LogP) is -0.192. The molecule has 1 saturated heterocycles. The van der Waals surface area contributed by atoms with Crippen molar-refractivity contribution in [2.45, 2.75) is 24.7 Å². The van der Waals surface area contributed by atoms with E-state index in [0.717, 1.165) is 5.57 Å². The minimum absolute atomic E-state index is 0.0977. The van der Waals surface area contributed by atoms with Crippen molar-refractivity contribution in [3.8, 4) is 0 Å². The Balaban J connectivity index is 1.56. The molecule has 2 aliphatic heterocycles. The molecule has 4 rings (SSSR count). The normalized spacial score (nSPS) is 32.0. The molecule has 1 amide bonds. The number of ether oxygens (including phenoxy) is 1. The van der Waals surface area contributed by atoms with Crippen LogP contribution in [-0.2, 0) is 14.3 Å². The molecule has 0 spiro atoms. The molecule has 112 valence electrons. The van der Waals surface area contributed by atoms with E-state index in [1.54, 1.807) is 12.3 Å². The summed E-state index contributed by atoms with van der Waals surface area (Å²) in [6, 6.07) is 0. The van der Waals surface area contributed by atoms with E-state index in [1.807, 2.05) is 0 Å². The maximum absolute atomic E-state index is 12.3. The van der Waals surface area contributed by atoms with Crippen LogP contribution in [0, 0.1) is 0 Å². The van der Waals surface area contributed by atoms with E-state index in [2.05, 4.69) is 10.3 Å². The molecule has 4 aliphatic rings. The Hall–Kier alpha value is -2.51. The molecule has 0 bridgehead atoms. The molecular formula is C15H12N2O5. The van der Waals surface area contributed by atoms with E-state index in [9.17, 15) is 19.8 Å². The van der Waals surface area contributed by atoms with Gasteiger partial charge in [-0.2, -0.15) is 0 Å². The van der Waals surface area contributed by atoms with Gasteiger partial charge in [0.2, 0.25) is 0 Å². The van der Waals surface area contributed by atoms with Gasteiger partial charge < -0.3 is 20.3 Å². The van der Waals surface area contributed by atoms with Crippen molar-refractivity contribution in [2.24, 2.45) is 4.99 Å². The molecule has 0 radical (unpaired) electrons. The van der Waals surface area contributed by atoms with E-state index in [4.69, 9.17) is 4.74 Å². The van der Waals surface area contributed by atoms with E-state index < -0.39 is 24.2 Å². The minimum Gasteiger partial charge on any atom is -0.507 e. The smallest absolute Gasteiger partial charge is 0.255 e. The van der Waals surface area contributed by atoms with Crippen LogP contribution in [0.15, 0.2) is 51.5 Å². The number of hydrogen-bond donors (Lipinski definition) is 3. The van der Waals surface area contributed by atoms with Crippen molar-refractivity contribution < 1.29 is 24.5 Å². The van der Waals surface area contributed by atoms with Crippen LogP contribution in [0.3, 0.4) is 0 Å². The van der Waals surface area contributed by atoms with Crippen molar-refractivity contribution in [3.05, 3.63) is 46.5 Å². The van der Waals surface area contributed by atoms with Gasteiger partial charge >= 0.3 is 0 Å². The lowest BCUT2D eigenvalue weighted by Crippen LogP contribution is -2.38. The van der Waals surface area contributed by atoms with Crippen LogP contribution in [0.2, 0.25) is 0 Å². The second-order valence-electron chi connectivity index (χ2n) is 5.46. The standard InChI is InChI=1S/C15H12N2O5/c18-10-4-8-6(1-2-16-8)3-7(10)15(21)17-9-5-11(19)13-14(22-13)12(9)20/h1-2,4-5,12-14,18,20H,3H2,(H,17,21). The molecule has 0 saturated carbocycles. The van der Waals surface area contributed by atoms with E-state index in [1.165, 1.54) is 12.2 Å². The average molecular weight is 300 g/mol. The van der Waals surface area contributed by atoms with Crippen molar-refractivity contribution >= 4 is 17.9 Å². The number of fused-ring (bicyclic) bond motifs is 2. The van der Waals surface area contributed by atoms with Crippen LogP contribution in [-0.4, -0.2) is 46.4 Å². The molecule has 7 nitrogen and oxygen atoms in total. The highest BCUT2D eigenvalue weighted by molar-refractivity contribution is 6.01. The van der Waals surface area contributed by atoms with Crippen LogP contribution in [0.1, 0.15) is 6.42 Å². The van der Waals surface area contributed by atoms with Crippen LogP contribution in [0.4, 0.5) is 0 Å². The molecule has 3 N–H and O–H groups in total. The van der Waals surface area contributed by atoms with E-state index >= 15 is 0 Å². The zero-order chi connectivity index (χ0) is 15.4. The molecule has 2 heterocycles. The number of hydrogen-bond acceptors (Lipinski definition) is 6. The SMILES string of the molecule is O=C(NC1=CC(=O)C2OC2C1O)C1=C(O)C=C2N=CC=C2C1. The van der Waals surface area contributed by atoms with Crippen LogP contribution in [0.25, 0.3) is 0 Å². The number of aliphatic hydroxyl groups is 2. The third-order valence-electron chi connectivity index (χ3n) is 4.03. The number of allylic oxidation sites excluding steroid dienone is 3. The highest BCUT2D eigenvalue weighted by Gasteiger charge is 2.53. The maximum atomic E-state index is 12.3. The van der Waals surface area contributed by atoms with Gasteiger partial charge in [-0.3, -0.25) is 14.6 Å². The fourth-order valence-electron chi connectivity index (χ4n) is 2.76. The largest absolute Gasteiger partial charge is 0.507 e. The second kappa shape index (κ2) is 4.49. The Bertz CT molecular complexity index is 756. The summed E-state index contributed by atoms with van der Waals surface area (Å²) >= 11 is 0. The third-order valence-corrected chi connectivity index (χ3v) is 4.03. The summed E-state index contributed by atoms with van der Waals surface area (Å²) in [5, 5.41) is 22.4. The van der Waals surface area contributed by atoms with Gasteiger partial charge in [0.15, 0.2) is 5.78 Å². The second-order valence-corrected chi connectivity index (χ2v) is 5.46. The first-order valence-corrected chi connectivity index (χ1v) is 6.82. The predicted molar refractivity (Wildman–Crippen MR) is 74.8 cm³/mol. The molecule has 2 aliphatic carbocycles. The van der Waals surface area contributed by atoms with Gasteiger partial charge in [-0.1, -0.05) is 0 Å². The third kappa shape index (κ3) is 1.94. The Labute approximate surface area is 125 Å². The summed E-state index contributed by atoms with van der Waals surface area (Å²) in [5.74, 6) is -0.999. The van der Waals surface area contributed by atoms with Crippen molar-refractivity contribution in [1.29, 1.82) is 0 Å². The van der Waals surface area contributed by atoms with Crippen molar-refractivity contribution in [3.63, 3.8) is 0 Å². The Kier molecular flexibility index (Phi) is 2.69. The number of nitrogens with zero attached hydrogens (tertiary/aromatic N) is 1. The number of nitrogens with one attached hydrogen (secondary N) is 1. The fourth-order valence-corrected chi connectivity index (χ4v) is 2.76. The Morgan fingerprint density at radius 3 is 3.05 bits per heavy atom. The van der Waals surface area contributed by atoms with Gasteiger partial charge in [0.1, 0.15) is 24.1 Å². The molecule has 0 aromatic carbocycles. The van der Waals surface area contributed by atoms with E-state index in [-0.39, 0.29) is 29.2 Å². The molecular weight excluding hydrogens is 288 g/mol. The van der Waals surface area contributed by atoms with Crippen LogP contribution in [0.5, 0.6) is 0 Å². The van der Waals surface area contributed by atoms with Gasteiger partial charge in [0.05, 0.1) is 17.0 Å². The molecule has 1 fully saturated rings. The van der Waals surface area contributed by atoms with Crippen molar-refractivity contribution in [1.82, 2.24) is 5.32 Å². The van der Waals surface area contributed by atoms with Crippen LogP contribution >= 0.6 is 0 Å². The first kappa shape index (κ1) is 13.2. The fraction of sp³-hybridized carbons (Fsp3) is 0.267. The zero-order valence-electron chi connectivity index (χ0n) is 11.3. The van der Waals surface area contributed by atoms with Crippen LogP contribution < -0.4 is 5.32 Å². The lowest BCUT2D eigenvalue weighted by Gasteiger charge is -2.20. The number of rotatable bonds is 2. The number of amides is 1. The summed E-state index contributed by atoms with van der Waals surface area (Å²) in [6.45, 7) is 0. The van der Waals surface area contributed by atoms with Gasteiger partial charge in [0, 0.05) is 24.8 Å². The minimum atomic E-state index is -1.04. The summed E-state index contributed by atoms with van der Waals surface area (Å²) in [4.78, 5) is 28.0. The number of carbonyl (C=O) groups excluding carboxylic acids is 2. The lowest BCUT2D eigenvalue weighted by molar-refractivity contribution is -0.117. The van der Waals surface area contributed by atoms with Gasteiger partial charge in [-0.25, -0.2) is 0 Å². The molecule has 7 heteroatoms. The summed E-state index contributed by atoms with van der Waals surface area (Å²) in [7, 11) is 0. The Morgan fingerprint density at radius 2 is 2.23 bits per heavy atom. The highest BCUT2D eigenvalue weighted by atomic mass is 16.6. The molecule has 0 aromatic heterocycles. The van der Waals surface area contributed by atoms with Crippen molar-refractivity contribution in [2.75, 3.05) is 0 Å². The monoisotopic (exact) mass is 300 g/mol. The van der Waals surface area contributed by atoms with Gasteiger partial charge in [-0.15, -0.1) is 0 Å². The molecule has 3 atom stereocenters. The number of carbonyl (C=O) groups is 2. The summed E-state index contributed by atoms with van der Waals surface area (Å²) < 4.78 is 5.04. The van der Waals surface area contributed by atoms with E-state index in [0.29, 0.717) is 5.70 Å². The maximum Gasteiger partial charge on any atom is 0.255 e. The molecule has 3 unspecified atom stereocenters. The summed E-state index contributed by atoms with van der Waals surface area (Å²) in [5.41, 5.74) is 1.73. The topological polar surface area (TPSA) is 112 Å². The van der Waals surface area contributed by atoms with Gasteiger partial charge in [-0.05, 0) is 11.6 Å². The van der Waals surface area contributed by atoms with Gasteiger partial charge in [0.25, 0.3) is 5.91 Å². The number of aliphatic imine (C=N–C) groups is 1. The number of ketones is 1. The average Bonchev–Trinajstić information content (AvgIpc) is 3.17. The Morgan fingerprint density at radius 1 is 1.41 bits per heavy atom. The quantitative estimate of drug-likeness (QED) is 0.612. The highest BCUT2D eigenvalue weighted by Crippen LogP contribution is 2.34. The number of aliphatic hydroxyl groups excluding tert-OH is 2.